The van der Waals surface area contributed by atoms with E-state index in [1.807, 2.05) is 19.9 Å². The third kappa shape index (κ3) is 5.74. The molecule has 0 bridgehead atoms. The minimum atomic E-state index is -0.867. The summed E-state index contributed by atoms with van der Waals surface area (Å²) < 4.78 is 6.39. The fourth-order valence-electron chi connectivity index (χ4n) is 4.25. The van der Waals surface area contributed by atoms with Gasteiger partial charge in [0.1, 0.15) is 11.5 Å². The first-order chi connectivity index (χ1) is 19.0. The Morgan fingerprint density at radius 1 is 1.00 bits per heavy atom. The number of hydrogen-bond donors (Lipinski definition) is 1. The normalized spacial score (nSPS) is 16.6. The zero-order valence-corrected chi connectivity index (χ0v) is 23.2. The smallest absolute Gasteiger partial charge is 0.301 e. The molecule has 1 unspecified atom stereocenters. The molecule has 39 heavy (non-hydrogen) atoms. The number of aliphatic hydroxyl groups is 1. The van der Waals surface area contributed by atoms with Gasteiger partial charge in [0.2, 0.25) is 5.13 Å². The van der Waals surface area contributed by atoms with Crippen molar-refractivity contribution in [3.63, 3.8) is 0 Å². The van der Waals surface area contributed by atoms with Crippen molar-refractivity contribution in [1.82, 2.24) is 10.2 Å². The number of Topliss-reactive ketones (excluding diaryl/α,β-unsaturated/α-hetero) is 1. The van der Waals surface area contributed by atoms with Crippen LogP contribution >= 0.6 is 23.1 Å². The highest BCUT2D eigenvalue weighted by Crippen LogP contribution is 2.44. The molecular formula is C30H27N3O4S2. The summed E-state index contributed by atoms with van der Waals surface area (Å²) in [4.78, 5) is 28.1. The molecule has 7 nitrogen and oxygen atoms in total. The number of ether oxygens (including phenoxy) is 1. The number of ketones is 1. The Morgan fingerprint density at radius 2 is 1.72 bits per heavy atom. The summed E-state index contributed by atoms with van der Waals surface area (Å²) in [5, 5.41) is 20.1. The predicted octanol–water partition coefficient (Wildman–Crippen LogP) is 6.55. The summed E-state index contributed by atoms with van der Waals surface area (Å²) in [5.74, 6) is -0.367. The van der Waals surface area contributed by atoms with Gasteiger partial charge in [-0.3, -0.25) is 14.5 Å². The maximum atomic E-state index is 13.4. The molecular weight excluding hydrogens is 530 g/mol. The number of aromatic nitrogens is 2. The number of aryl methyl sites for hydroxylation is 1. The Hall–Kier alpha value is -3.95. The zero-order valence-electron chi connectivity index (χ0n) is 21.5. The number of rotatable bonds is 9. The molecule has 1 N–H and O–H groups in total. The van der Waals surface area contributed by atoms with Gasteiger partial charge in [-0.1, -0.05) is 102 Å². The van der Waals surface area contributed by atoms with Crippen LogP contribution in [0.15, 0.2) is 88.8 Å². The monoisotopic (exact) mass is 557 g/mol. The molecule has 1 fully saturated rings. The summed E-state index contributed by atoms with van der Waals surface area (Å²) in [6, 6.07) is 23.4. The van der Waals surface area contributed by atoms with Crippen molar-refractivity contribution in [2.75, 3.05) is 11.5 Å². The van der Waals surface area contributed by atoms with E-state index in [0.29, 0.717) is 38.7 Å². The van der Waals surface area contributed by atoms with Crippen molar-refractivity contribution < 1.29 is 19.4 Å². The molecule has 3 aromatic carbocycles. The van der Waals surface area contributed by atoms with E-state index in [0.717, 1.165) is 12.0 Å². The quantitative estimate of drug-likeness (QED) is 0.0820. The van der Waals surface area contributed by atoms with Crippen LogP contribution in [0.2, 0.25) is 0 Å². The van der Waals surface area contributed by atoms with E-state index >= 15 is 0 Å². The van der Waals surface area contributed by atoms with Gasteiger partial charge in [0, 0.05) is 11.3 Å². The molecule has 1 aliphatic rings. The largest absolute Gasteiger partial charge is 0.507 e. The molecule has 1 atom stereocenters. The lowest BCUT2D eigenvalue weighted by Crippen LogP contribution is -2.29. The van der Waals surface area contributed by atoms with E-state index in [2.05, 4.69) is 34.5 Å². The molecule has 1 aliphatic heterocycles. The lowest BCUT2D eigenvalue weighted by molar-refractivity contribution is -0.132. The molecule has 0 radical (unpaired) electrons. The van der Waals surface area contributed by atoms with E-state index < -0.39 is 17.7 Å². The summed E-state index contributed by atoms with van der Waals surface area (Å²) in [5.41, 5.74) is 3.46. The van der Waals surface area contributed by atoms with Crippen LogP contribution in [0.25, 0.3) is 5.76 Å². The number of carbonyl (C=O) groups excluding carboxylic acids is 2. The van der Waals surface area contributed by atoms with E-state index in [4.69, 9.17) is 4.74 Å². The highest BCUT2D eigenvalue weighted by Gasteiger charge is 2.48. The van der Waals surface area contributed by atoms with Crippen molar-refractivity contribution in [1.29, 1.82) is 0 Å². The fourth-order valence-corrected chi connectivity index (χ4v) is 6.07. The molecule has 1 amide bonds. The average Bonchev–Trinajstić information content (AvgIpc) is 3.54. The Kier molecular flexibility index (Phi) is 8.09. The van der Waals surface area contributed by atoms with Crippen molar-refractivity contribution in [3.05, 3.63) is 107 Å². The molecule has 1 aromatic heterocycles. The van der Waals surface area contributed by atoms with Crippen LogP contribution in [0.3, 0.4) is 0 Å². The summed E-state index contributed by atoms with van der Waals surface area (Å²) in [6.07, 6.45) is 0.875. The van der Waals surface area contributed by atoms with E-state index in [9.17, 15) is 14.7 Å². The van der Waals surface area contributed by atoms with E-state index in [1.54, 1.807) is 48.5 Å². The Bertz CT molecular complexity index is 1500. The lowest BCUT2D eigenvalue weighted by Gasteiger charge is -2.22. The molecule has 0 saturated carbocycles. The van der Waals surface area contributed by atoms with E-state index in [-0.39, 0.29) is 11.3 Å². The summed E-state index contributed by atoms with van der Waals surface area (Å²) in [7, 11) is 0. The van der Waals surface area contributed by atoms with Gasteiger partial charge in [0.15, 0.2) is 4.34 Å². The van der Waals surface area contributed by atoms with Gasteiger partial charge >= 0.3 is 5.91 Å². The van der Waals surface area contributed by atoms with Gasteiger partial charge in [-0.05, 0) is 36.6 Å². The van der Waals surface area contributed by atoms with Gasteiger partial charge in [-0.25, -0.2) is 0 Å². The van der Waals surface area contributed by atoms with Crippen LogP contribution in [-0.2, 0) is 15.3 Å². The number of amides is 1. The van der Waals surface area contributed by atoms with Gasteiger partial charge in [0.25, 0.3) is 5.78 Å². The third-order valence-electron chi connectivity index (χ3n) is 6.25. The second-order valence-corrected chi connectivity index (χ2v) is 11.3. The lowest BCUT2D eigenvalue weighted by atomic mass is 9.95. The van der Waals surface area contributed by atoms with Crippen LogP contribution in [0.4, 0.5) is 5.13 Å². The maximum absolute atomic E-state index is 13.4. The highest BCUT2D eigenvalue weighted by atomic mass is 32.2. The minimum absolute atomic E-state index is 0.0116. The number of aliphatic hydroxyl groups excluding tert-OH is 1. The zero-order chi connectivity index (χ0) is 27.4. The number of anilines is 1. The molecule has 5 rings (SSSR count). The Balaban J connectivity index is 1.51. The second-order valence-electron chi connectivity index (χ2n) is 9.08. The van der Waals surface area contributed by atoms with Crippen LogP contribution in [0.1, 0.15) is 41.6 Å². The average molecular weight is 558 g/mol. The third-order valence-corrected chi connectivity index (χ3v) is 8.37. The SMILES string of the molecule is CCCOc1ccc(C2/C(=C(/O)c3ccccc3)C(=O)C(=O)N2c2nnc(SCc3ccc(C)cc3)s2)cc1. The van der Waals surface area contributed by atoms with Crippen molar-refractivity contribution in [2.45, 2.75) is 36.4 Å². The van der Waals surface area contributed by atoms with Gasteiger partial charge in [0.05, 0.1) is 18.2 Å². The minimum Gasteiger partial charge on any atom is -0.507 e. The first kappa shape index (κ1) is 26.6. The summed E-state index contributed by atoms with van der Waals surface area (Å²) >= 11 is 2.76. The Morgan fingerprint density at radius 3 is 2.41 bits per heavy atom. The number of hydrogen-bond acceptors (Lipinski definition) is 8. The van der Waals surface area contributed by atoms with Gasteiger partial charge in [-0.2, -0.15) is 0 Å². The molecule has 2 heterocycles. The van der Waals surface area contributed by atoms with Crippen LogP contribution in [0.5, 0.6) is 5.75 Å². The number of benzene rings is 3. The Labute approximate surface area is 235 Å². The van der Waals surface area contributed by atoms with E-state index in [1.165, 1.54) is 33.6 Å². The molecule has 198 valence electrons. The molecule has 0 aliphatic carbocycles. The molecule has 4 aromatic rings. The molecule has 1 saturated heterocycles. The molecule has 0 spiro atoms. The number of nitrogens with zero attached hydrogens (tertiary/aromatic N) is 3. The first-order valence-electron chi connectivity index (χ1n) is 12.6. The van der Waals surface area contributed by atoms with Gasteiger partial charge < -0.3 is 9.84 Å². The fraction of sp³-hybridized carbons (Fsp3) is 0.200. The standard InChI is InChI=1S/C30H27N3O4S2/c1-3-17-37-23-15-13-21(14-16-23)25-24(26(34)22-7-5-4-6-8-22)27(35)28(36)33(25)29-31-32-30(39-29)38-18-20-11-9-19(2)10-12-20/h4-16,25,34H,3,17-18H2,1-2H3/b26-24-. The van der Waals surface area contributed by atoms with Crippen LogP contribution in [-0.4, -0.2) is 33.6 Å². The van der Waals surface area contributed by atoms with Crippen LogP contribution < -0.4 is 9.64 Å². The number of thioether (sulfide) groups is 1. The van der Waals surface area contributed by atoms with Crippen LogP contribution in [0, 0.1) is 6.92 Å². The maximum Gasteiger partial charge on any atom is 0.301 e. The second kappa shape index (κ2) is 11.8. The van der Waals surface area contributed by atoms with Crippen molar-refractivity contribution >= 4 is 45.7 Å². The summed E-state index contributed by atoms with van der Waals surface area (Å²) in [6.45, 7) is 4.66. The highest BCUT2D eigenvalue weighted by molar-refractivity contribution is 8.00. The predicted molar refractivity (Wildman–Crippen MR) is 154 cm³/mol. The first-order valence-corrected chi connectivity index (χ1v) is 14.4. The van der Waals surface area contributed by atoms with Gasteiger partial charge in [-0.15, -0.1) is 10.2 Å². The van der Waals surface area contributed by atoms with Crippen molar-refractivity contribution in [3.8, 4) is 5.75 Å². The number of carbonyl (C=O) groups is 2. The molecule has 9 heteroatoms. The topological polar surface area (TPSA) is 92.6 Å². The van der Waals surface area contributed by atoms with Crippen molar-refractivity contribution in [2.24, 2.45) is 0 Å².